The molecule has 3 aromatic rings. The minimum atomic E-state index is -0.678. The second kappa shape index (κ2) is 11.0. The van der Waals surface area contributed by atoms with E-state index >= 15 is 0 Å². The Morgan fingerprint density at radius 1 is 1.32 bits per heavy atom. The molecule has 0 aromatic carbocycles. The zero-order chi connectivity index (χ0) is 24.9. The minimum Gasteiger partial charge on any atom is -0.442 e. The third-order valence-electron chi connectivity index (χ3n) is 5.71. The maximum atomic E-state index is 12.0. The van der Waals surface area contributed by atoms with Crippen LogP contribution in [-0.4, -0.2) is 27.1 Å². The number of unbranched alkanes of at least 4 members (excludes halogenated alkanes) is 2. The second-order valence-electron chi connectivity index (χ2n) is 9.49. The summed E-state index contributed by atoms with van der Waals surface area (Å²) < 4.78 is 7.56. The summed E-state index contributed by atoms with van der Waals surface area (Å²) in [6, 6.07) is 4.11. The zero-order valence-electron chi connectivity index (χ0n) is 21.1. The highest BCUT2D eigenvalue weighted by Gasteiger charge is 2.19. The number of allylic oxidation sites excluding steroid dienone is 2. The number of amidine groups is 1. The Kier molecular flexibility index (Phi) is 8.31. The van der Waals surface area contributed by atoms with E-state index in [4.69, 9.17) is 10.5 Å². The molecule has 0 aliphatic heterocycles. The van der Waals surface area contributed by atoms with Crippen molar-refractivity contribution in [3.05, 3.63) is 57.7 Å². The molecule has 0 spiro atoms. The molecule has 0 aliphatic carbocycles. The Morgan fingerprint density at radius 3 is 2.76 bits per heavy atom. The number of aromatic nitrogens is 2. The summed E-state index contributed by atoms with van der Waals surface area (Å²) in [6.45, 7) is 12.6. The molecule has 0 radical (unpaired) electrons. The highest BCUT2D eigenvalue weighted by Crippen LogP contribution is 2.34. The summed E-state index contributed by atoms with van der Waals surface area (Å²) in [5.74, 6) is 0.167. The van der Waals surface area contributed by atoms with Crippen molar-refractivity contribution in [1.82, 2.24) is 9.55 Å². The van der Waals surface area contributed by atoms with E-state index in [2.05, 4.69) is 47.5 Å². The first-order valence-corrected chi connectivity index (χ1v) is 12.8. The number of ether oxygens (including phenoxy) is 1. The maximum absolute atomic E-state index is 12.0. The Bertz CT molecular complexity index is 1210. The monoisotopic (exact) mass is 480 g/mol. The number of rotatable bonds is 8. The molecule has 0 saturated carbocycles. The molecule has 34 heavy (non-hydrogen) atoms. The van der Waals surface area contributed by atoms with Gasteiger partial charge >= 0.3 is 6.09 Å². The summed E-state index contributed by atoms with van der Waals surface area (Å²) in [6.07, 6.45) is 10.1. The fourth-order valence-electron chi connectivity index (χ4n) is 4.11. The first-order chi connectivity index (χ1) is 16.1. The third kappa shape index (κ3) is 6.14. The van der Waals surface area contributed by atoms with Gasteiger partial charge in [0.25, 0.3) is 0 Å². The van der Waals surface area contributed by atoms with Crippen molar-refractivity contribution >= 4 is 39.7 Å². The summed E-state index contributed by atoms with van der Waals surface area (Å²) in [7, 11) is 0. The van der Waals surface area contributed by atoms with Crippen molar-refractivity contribution in [2.75, 3.05) is 0 Å². The van der Waals surface area contributed by atoms with Gasteiger partial charge < -0.3 is 15.0 Å². The van der Waals surface area contributed by atoms with Crippen molar-refractivity contribution in [3.8, 4) is 0 Å². The number of hydrogen-bond acceptors (Lipinski definition) is 4. The lowest BCUT2D eigenvalue weighted by Gasteiger charge is -2.17. The standard InChI is InChI=1S/C27H36N4O2S/c1-7-9-10-11-19(8-2)24-18(3)31(23-15-29-13-12-22(23)24)16-21-14-20(17-34-21)25(28)30-26(32)33-27(4,5)6/h8,12-15,17H,7,9-11,16H2,1-6H3,(H2,28,30,32). The van der Waals surface area contributed by atoms with Crippen molar-refractivity contribution in [2.24, 2.45) is 10.7 Å². The van der Waals surface area contributed by atoms with Crippen molar-refractivity contribution in [1.29, 1.82) is 0 Å². The lowest BCUT2D eigenvalue weighted by molar-refractivity contribution is 0.0604. The Balaban J connectivity index is 1.90. The predicted octanol–water partition coefficient (Wildman–Crippen LogP) is 7.08. The molecule has 0 atom stereocenters. The molecule has 0 fully saturated rings. The molecule has 3 aromatic heterocycles. The lowest BCUT2D eigenvalue weighted by Crippen LogP contribution is -2.24. The van der Waals surface area contributed by atoms with E-state index in [9.17, 15) is 4.79 Å². The normalized spacial score (nSPS) is 13.0. The Morgan fingerprint density at radius 2 is 2.09 bits per heavy atom. The smallest absolute Gasteiger partial charge is 0.436 e. The van der Waals surface area contributed by atoms with Crippen LogP contribution in [0.3, 0.4) is 0 Å². The average Bonchev–Trinajstić information content (AvgIpc) is 3.34. The molecular formula is C27H36N4O2S. The zero-order valence-corrected chi connectivity index (χ0v) is 22.0. The number of hydrogen-bond donors (Lipinski definition) is 1. The first kappa shape index (κ1) is 25.7. The maximum Gasteiger partial charge on any atom is 0.436 e. The number of amides is 1. The van der Waals surface area contributed by atoms with E-state index < -0.39 is 11.7 Å². The third-order valence-corrected chi connectivity index (χ3v) is 6.64. The molecular weight excluding hydrogens is 444 g/mol. The Labute approximate surface area is 206 Å². The van der Waals surface area contributed by atoms with Crippen LogP contribution in [0.5, 0.6) is 0 Å². The van der Waals surface area contributed by atoms with E-state index in [0.29, 0.717) is 6.54 Å². The SMILES string of the molecule is CC=C(CCCCC)c1c(C)n(Cc2cc(C(N)=NC(=O)OC(C)(C)C)cs2)c2cnccc12. The number of carbonyl (C=O) groups excluding carboxylic acids is 1. The molecule has 0 bridgehead atoms. The molecule has 182 valence electrons. The number of nitrogens with zero attached hydrogens (tertiary/aromatic N) is 3. The number of nitrogens with two attached hydrogens (primary N) is 1. The highest BCUT2D eigenvalue weighted by molar-refractivity contribution is 7.10. The summed E-state index contributed by atoms with van der Waals surface area (Å²) in [5, 5.41) is 3.17. The van der Waals surface area contributed by atoms with Crippen LogP contribution < -0.4 is 5.73 Å². The van der Waals surface area contributed by atoms with Gasteiger partial charge in [-0.1, -0.05) is 25.8 Å². The number of aliphatic imine (C=N–C) groups is 1. The fourth-order valence-corrected chi connectivity index (χ4v) is 4.98. The van der Waals surface area contributed by atoms with Gasteiger partial charge in [-0.05, 0) is 65.2 Å². The van der Waals surface area contributed by atoms with Crippen LogP contribution in [0.2, 0.25) is 0 Å². The number of pyridine rings is 1. The molecule has 0 unspecified atom stereocenters. The fraction of sp³-hybridized carbons (Fsp3) is 0.444. The summed E-state index contributed by atoms with van der Waals surface area (Å²) in [5.41, 5.74) is 11.3. The molecule has 0 saturated heterocycles. The van der Waals surface area contributed by atoms with Gasteiger partial charge in [-0.3, -0.25) is 4.98 Å². The Hall–Kier alpha value is -2.93. The van der Waals surface area contributed by atoms with Crippen LogP contribution in [0.15, 0.2) is 41.0 Å². The van der Waals surface area contributed by atoms with Gasteiger partial charge in [-0.2, -0.15) is 4.99 Å². The van der Waals surface area contributed by atoms with E-state index in [0.717, 1.165) is 22.4 Å². The van der Waals surface area contributed by atoms with Gasteiger partial charge in [0.2, 0.25) is 0 Å². The summed E-state index contributed by atoms with van der Waals surface area (Å²) in [4.78, 5) is 21.5. The van der Waals surface area contributed by atoms with E-state index in [1.807, 2.05) is 23.8 Å². The van der Waals surface area contributed by atoms with Crippen molar-refractivity contribution in [3.63, 3.8) is 0 Å². The average molecular weight is 481 g/mol. The van der Waals surface area contributed by atoms with E-state index in [-0.39, 0.29) is 5.84 Å². The molecule has 0 aliphatic rings. The van der Waals surface area contributed by atoms with Gasteiger partial charge in [0.1, 0.15) is 11.4 Å². The topological polar surface area (TPSA) is 82.5 Å². The van der Waals surface area contributed by atoms with Crippen molar-refractivity contribution < 1.29 is 9.53 Å². The van der Waals surface area contributed by atoms with E-state index in [1.165, 1.54) is 41.5 Å². The largest absolute Gasteiger partial charge is 0.442 e. The molecule has 6 nitrogen and oxygen atoms in total. The van der Waals surface area contributed by atoms with Crippen LogP contribution in [0, 0.1) is 6.92 Å². The van der Waals surface area contributed by atoms with Gasteiger partial charge in [0.15, 0.2) is 0 Å². The van der Waals surface area contributed by atoms with E-state index in [1.54, 1.807) is 32.1 Å². The van der Waals surface area contributed by atoms with Crippen LogP contribution >= 0.6 is 11.3 Å². The van der Waals surface area contributed by atoms with Crippen LogP contribution in [0.25, 0.3) is 16.5 Å². The second-order valence-corrected chi connectivity index (χ2v) is 10.5. The molecule has 2 N–H and O–H groups in total. The van der Waals surface area contributed by atoms with Gasteiger partial charge in [-0.25, -0.2) is 4.79 Å². The number of thiophene rings is 1. The van der Waals surface area contributed by atoms with Crippen LogP contribution in [-0.2, 0) is 11.3 Å². The van der Waals surface area contributed by atoms with Crippen molar-refractivity contribution in [2.45, 2.75) is 79.4 Å². The van der Waals surface area contributed by atoms with Gasteiger partial charge in [0.05, 0.1) is 18.3 Å². The first-order valence-electron chi connectivity index (χ1n) is 11.9. The molecule has 3 heterocycles. The minimum absolute atomic E-state index is 0.167. The van der Waals surface area contributed by atoms with Crippen LogP contribution in [0.4, 0.5) is 4.79 Å². The lowest BCUT2D eigenvalue weighted by atomic mass is 9.97. The highest BCUT2D eigenvalue weighted by atomic mass is 32.1. The quantitative estimate of drug-likeness (QED) is 0.212. The molecule has 7 heteroatoms. The molecule has 3 rings (SSSR count). The predicted molar refractivity (Wildman–Crippen MR) is 143 cm³/mol. The number of fused-ring (bicyclic) bond motifs is 1. The van der Waals surface area contributed by atoms with Crippen LogP contribution in [0.1, 0.15) is 82.0 Å². The number of carbonyl (C=O) groups is 1. The van der Waals surface area contributed by atoms with Gasteiger partial charge in [-0.15, -0.1) is 11.3 Å². The van der Waals surface area contributed by atoms with Gasteiger partial charge in [0, 0.05) is 38.7 Å². The molecule has 1 amide bonds. The summed E-state index contributed by atoms with van der Waals surface area (Å²) >= 11 is 1.60.